The van der Waals surface area contributed by atoms with Crippen molar-refractivity contribution in [2.45, 2.75) is 6.42 Å². The second-order valence-electron chi connectivity index (χ2n) is 6.81. The Morgan fingerprint density at radius 2 is 1.59 bits per heavy atom. The number of carbonyl (C=O) groups excluding carboxylic acids is 2. The molecule has 3 aromatic rings. The normalized spacial score (nSPS) is 16.0. The van der Waals surface area contributed by atoms with Crippen LogP contribution in [0.25, 0.3) is 0 Å². The fourth-order valence-corrected chi connectivity index (χ4v) is 3.36. The molecule has 4 rings (SSSR count). The number of nitrogens with one attached hydrogen (secondary N) is 1. The van der Waals surface area contributed by atoms with Crippen LogP contribution in [0.15, 0.2) is 78.9 Å². The van der Waals surface area contributed by atoms with Crippen molar-refractivity contribution in [3.63, 3.8) is 0 Å². The molecule has 3 aromatic carbocycles. The molecule has 146 valence electrons. The van der Waals surface area contributed by atoms with Gasteiger partial charge in [0.15, 0.2) is 0 Å². The van der Waals surface area contributed by atoms with Crippen molar-refractivity contribution in [2.75, 3.05) is 16.8 Å². The minimum Gasteiger partial charge on any atom is -0.457 e. The van der Waals surface area contributed by atoms with Gasteiger partial charge in [0.05, 0.1) is 5.92 Å². The van der Waals surface area contributed by atoms with Crippen LogP contribution in [-0.4, -0.2) is 18.4 Å². The smallest absolute Gasteiger partial charge is 0.229 e. The molecule has 1 heterocycles. The second-order valence-corrected chi connectivity index (χ2v) is 7.25. The number of hydrogen-bond donors (Lipinski definition) is 1. The van der Waals surface area contributed by atoms with E-state index in [0.29, 0.717) is 23.0 Å². The number of nitrogens with zero attached hydrogens (tertiary/aromatic N) is 1. The number of carbonyl (C=O) groups is 2. The Morgan fingerprint density at radius 1 is 0.931 bits per heavy atom. The van der Waals surface area contributed by atoms with Crippen LogP contribution in [-0.2, 0) is 9.59 Å². The van der Waals surface area contributed by atoms with E-state index in [2.05, 4.69) is 5.32 Å². The molecule has 1 N–H and O–H groups in total. The van der Waals surface area contributed by atoms with Crippen molar-refractivity contribution in [3.05, 3.63) is 83.9 Å². The maximum Gasteiger partial charge on any atom is 0.229 e. The summed E-state index contributed by atoms with van der Waals surface area (Å²) >= 11 is 5.90. The van der Waals surface area contributed by atoms with Crippen molar-refractivity contribution < 1.29 is 14.3 Å². The fraction of sp³-hybridized carbons (Fsp3) is 0.130. The Kier molecular flexibility index (Phi) is 5.49. The number of benzene rings is 3. The molecule has 5 nitrogen and oxygen atoms in total. The number of halogens is 1. The molecule has 0 spiro atoms. The van der Waals surface area contributed by atoms with Gasteiger partial charge in [-0.2, -0.15) is 0 Å². The Hall–Kier alpha value is -3.31. The van der Waals surface area contributed by atoms with E-state index in [1.165, 1.54) is 0 Å². The van der Waals surface area contributed by atoms with E-state index >= 15 is 0 Å². The van der Waals surface area contributed by atoms with Gasteiger partial charge in [-0.3, -0.25) is 9.59 Å². The minimum absolute atomic E-state index is 0.0703. The molecule has 0 saturated carbocycles. The molecule has 29 heavy (non-hydrogen) atoms. The molecule has 1 aliphatic rings. The molecule has 1 saturated heterocycles. The van der Waals surface area contributed by atoms with Gasteiger partial charge in [-0.15, -0.1) is 0 Å². The highest BCUT2D eigenvalue weighted by atomic mass is 35.5. The number of amides is 2. The first-order chi connectivity index (χ1) is 14.1. The maximum atomic E-state index is 12.6. The SMILES string of the molecule is O=C(Nc1ccc(Oc2ccccc2)cc1)[C@H]1CC(=O)N(c2ccc(Cl)cc2)C1. The third-order valence-electron chi connectivity index (χ3n) is 4.73. The topological polar surface area (TPSA) is 58.6 Å². The molecule has 6 heteroatoms. The lowest BCUT2D eigenvalue weighted by atomic mass is 10.1. The summed E-state index contributed by atoms with van der Waals surface area (Å²) < 4.78 is 5.75. The largest absolute Gasteiger partial charge is 0.457 e. The molecule has 2 amide bonds. The summed E-state index contributed by atoms with van der Waals surface area (Å²) in [6.07, 6.45) is 0.184. The van der Waals surface area contributed by atoms with Crippen LogP contribution in [0.1, 0.15) is 6.42 Å². The summed E-state index contributed by atoms with van der Waals surface area (Å²) in [5.41, 5.74) is 1.41. The van der Waals surface area contributed by atoms with Gasteiger partial charge >= 0.3 is 0 Å². The maximum absolute atomic E-state index is 12.6. The van der Waals surface area contributed by atoms with Gasteiger partial charge in [-0.05, 0) is 60.7 Å². The van der Waals surface area contributed by atoms with Gasteiger partial charge in [-0.1, -0.05) is 29.8 Å². The average molecular weight is 407 g/mol. The molecule has 0 radical (unpaired) electrons. The average Bonchev–Trinajstić information content (AvgIpc) is 3.13. The number of para-hydroxylation sites is 1. The monoisotopic (exact) mass is 406 g/mol. The Bertz CT molecular complexity index is 1000. The van der Waals surface area contributed by atoms with Gasteiger partial charge in [0.1, 0.15) is 11.5 Å². The standard InChI is InChI=1S/C23H19ClN2O3/c24-17-6-10-19(11-7-17)26-15-16(14-22(26)27)23(28)25-18-8-12-21(13-9-18)29-20-4-2-1-3-5-20/h1-13,16H,14-15H2,(H,25,28)/t16-/m0/s1. The van der Waals surface area contributed by atoms with Crippen LogP contribution in [0.5, 0.6) is 11.5 Å². The molecule has 0 unspecified atom stereocenters. The van der Waals surface area contributed by atoms with Crippen LogP contribution in [0.2, 0.25) is 5.02 Å². The van der Waals surface area contributed by atoms with Crippen LogP contribution in [0, 0.1) is 5.92 Å². The zero-order valence-corrected chi connectivity index (χ0v) is 16.3. The number of anilines is 2. The fourth-order valence-electron chi connectivity index (χ4n) is 3.23. The van der Waals surface area contributed by atoms with E-state index in [4.69, 9.17) is 16.3 Å². The summed E-state index contributed by atoms with van der Waals surface area (Å²) in [5, 5.41) is 3.49. The van der Waals surface area contributed by atoms with Gasteiger partial charge in [0.25, 0.3) is 0 Å². The lowest BCUT2D eigenvalue weighted by Gasteiger charge is -2.17. The van der Waals surface area contributed by atoms with Crippen molar-refractivity contribution in [2.24, 2.45) is 5.92 Å². The van der Waals surface area contributed by atoms with E-state index in [9.17, 15) is 9.59 Å². The summed E-state index contributed by atoms with van der Waals surface area (Å²) in [6, 6.07) is 23.7. The summed E-state index contributed by atoms with van der Waals surface area (Å²) in [7, 11) is 0. The lowest BCUT2D eigenvalue weighted by Crippen LogP contribution is -2.28. The Labute approximate surface area is 173 Å². The van der Waals surface area contributed by atoms with Crippen molar-refractivity contribution in [1.29, 1.82) is 0 Å². The lowest BCUT2D eigenvalue weighted by molar-refractivity contribution is -0.122. The second kappa shape index (κ2) is 8.37. The molecule has 1 fully saturated rings. The minimum atomic E-state index is -0.404. The molecular weight excluding hydrogens is 388 g/mol. The van der Waals surface area contributed by atoms with Gasteiger partial charge in [0, 0.05) is 29.4 Å². The van der Waals surface area contributed by atoms with E-state index < -0.39 is 5.92 Å². The van der Waals surface area contributed by atoms with E-state index in [1.807, 2.05) is 30.3 Å². The molecule has 0 bridgehead atoms. The quantitative estimate of drug-likeness (QED) is 0.639. The first kappa shape index (κ1) is 19.0. The van der Waals surface area contributed by atoms with E-state index in [1.54, 1.807) is 53.4 Å². The summed E-state index contributed by atoms with van der Waals surface area (Å²) in [5.74, 6) is 0.777. The van der Waals surface area contributed by atoms with Crippen molar-refractivity contribution in [1.82, 2.24) is 0 Å². The van der Waals surface area contributed by atoms with Crippen molar-refractivity contribution >= 4 is 34.8 Å². The summed E-state index contributed by atoms with van der Waals surface area (Å²) in [4.78, 5) is 26.6. The van der Waals surface area contributed by atoms with Crippen LogP contribution >= 0.6 is 11.6 Å². The van der Waals surface area contributed by atoms with E-state index in [-0.39, 0.29) is 18.2 Å². The molecule has 1 atom stereocenters. The van der Waals surface area contributed by atoms with Gasteiger partial charge in [0.2, 0.25) is 11.8 Å². The zero-order valence-electron chi connectivity index (χ0n) is 15.5. The van der Waals surface area contributed by atoms with Crippen LogP contribution in [0.4, 0.5) is 11.4 Å². The van der Waals surface area contributed by atoms with Gasteiger partial charge in [-0.25, -0.2) is 0 Å². The number of ether oxygens (including phenoxy) is 1. The first-order valence-electron chi connectivity index (χ1n) is 9.28. The highest BCUT2D eigenvalue weighted by Crippen LogP contribution is 2.28. The molecule has 0 aliphatic carbocycles. The Morgan fingerprint density at radius 3 is 2.28 bits per heavy atom. The van der Waals surface area contributed by atoms with Crippen molar-refractivity contribution in [3.8, 4) is 11.5 Å². The van der Waals surface area contributed by atoms with Gasteiger partial charge < -0.3 is 15.0 Å². The van der Waals surface area contributed by atoms with Crippen LogP contribution in [0.3, 0.4) is 0 Å². The number of rotatable bonds is 5. The first-order valence-corrected chi connectivity index (χ1v) is 9.66. The molecule has 0 aromatic heterocycles. The van der Waals surface area contributed by atoms with E-state index in [0.717, 1.165) is 11.4 Å². The number of hydrogen-bond acceptors (Lipinski definition) is 3. The third-order valence-corrected chi connectivity index (χ3v) is 4.99. The molecular formula is C23H19ClN2O3. The highest BCUT2D eigenvalue weighted by Gasteiger charge is 2.35. The Balaban J connectivity index is 1.37. The molecule has 1 aliphatic heterocycles. The van der Waals surface area contributed by atoms with Crippen LogP contribution < -0.4 is 15.0 Å². The summed E-state index contributed by atoms with van der Waals surface area (Å²) in [6.45, 7) is 0.349. The zero-order chi connectivity index (χ0) is 20.2. The highest BCUT2D eigenvalue weighted by molar-refractivity contribution is 6.30. The third kappa shape index (κ3) is 4.58. The predicted octanol–water partition coefficient (Wildman–Crippen LogP) is 5.12. The predicted molar refractivity (Wildman–Crippen MR) is 113 cm³/mol.